The number of H-pyrrole nitrogens is 1. The Balaban J connectivity index is 1.68. The molecule has 0 aliphatic carbocycles. The molecule has 0 saturated heterocycles. The number of nitrogens with zero attached hydrogens (tertiary/aromatic N) is 2. The van der Waals surface area contributed by atoms with Crippen molar-refractivity contribution >= 4 is 11.8 Å². The first-order chi connectivity index (χ1) is 7.45. The number of aromatic nitrogens is 3. The van der Waals surface area contributed by atoms with Crippen molar-refractivity contribution in [1.82, 2.24) is 15.4 Å². The molecule has 1 N–H and O–H groups in total. The van der Waals surface area contributed by atoms with Gasteiger partial charge in [0.2, 0.25) is 0 Å². The number of ether oxygens (including phenoxy) is 1. The predicted octanol–water partition coefficient (Wildman–Crippen LogP) is 1.98. The van der Waals surface area contributed by atoms with Crippen LogP contribution >= 0.6 is 11.8 Å². The standard InChI is InChI=1S/C10H11N3OS/c1-2-4-9(5-3-1)14-6-7-15-10-8-11-13-12-10/h1-5,8H,6-7H2,(H,11,12,13). The highest BCUT2D eigenvalue weighted by molar-refractivity contribution is 7.99. The Morgan fingerprint density at radius 1 is 1.27 bits per heavy atom. The quantitative estimate of drug-likeness (QED) is 0.619. The number of hydrogen-bond donors (Lipinski definition) is 1. The summed E-state index contributed by atoms with van der Waals surface area (Å²) in [5.74, 6) is 1.76. The van der Waals surface area contributed by atoms with Gasteiger partial charge >= 0.3 is 0 Å². The fourth-order valence-electron chi connectivity index (χ4n) is 1.08. The third-order valence-electron chi connectivity index (χ3n) is 1.74. The van der Waals surface area contributed by atoms with Gasteiger partial charge in [0.1, 0.15) is 10.8 Å². The molecule has 4 nitrogen and oxygen atoms in total. The van der Waals surface area contributed by atoms with E-state index in [0.29, 0.717) is 6.61 Å². The molecule has 0 aliphatic rings. The molecule has 0 unspecified atom stereocenters. The van der Waals surface area contributed by atoms with Crippen LogP contribution in [0.4, 0.5) is 0 Å². The summed E-state index contributed by atoms with van der Waals surface area (Å²) < 4.78 is 5.53. The Hall–Kier alpha value is -1.49. The zero-order valence-corrected chi connectivity index (χ0v) is 8.91. The van der Waals surface area contributed by atoms with E-state index < -0.39 is 0 Å². The Labute approximate surface area is 92.0 Å². The summed E-state index contributed by atoms with van der Waals surface area (Å²) in [5, 5.41) is 11.1. The van der Waals surface area contributed by atoms with Gasteiger partial charge in [-0.15, -0.1) is 5.10 Å². The fraction of sp³-hybridized carbons (Fsp3) is 0.200. The number of benzene rings is 1. The first-order valence-electron chi connectivity index (χ1n) is 4.61. The number of rotatable bonds is 5. The van der Waals surface area contributed by atoms with Gasteiger partial charge in [-0.2, -0.15) is 10.3 Å². The molecule has 0 fully saturated rings. The SMILES string of the molecule is c1ccc(OCCSc2cn[nH]n2)cc1. The number of nitrogens with one attached hydrogen (secondary N) is 1. The molecule has 1 aromatic carbocycles. The Morgan fingerprint density at radius 2 is 2.13 bits per heavy atom. The molecule has 0 amide bonds. The highest BCUT2D eigenvalue weighted by atomic mass is 32.2. The van der Waals surface area contributed by atoms with E-state index in [0.717, 1.165) is 16.5 Å². The van der Waals surface area contributed by atoms with Crippen LogP contribution in [0.15, 0.2) is 41.6 Å². The molecule has 0 atom stereocenters. The third-order valence-corrected chi connectivity index (χ3v) is 2.60. The molecule has 0 radical (unpaired) electrons. The lowest BCUT2D eigenvalue weighted by atomic mass is 10.3. The average molecular weight is 221 g/mol. The smallest absolute Gasteiger partial charge is 0.138 e. The van der Waals surface area contributed by atoms with Crippen LogP contribution in [-0.4, -0.2) is 27.8 Å². The monoisotopic (exact) mass is 221 g/mol. The normalized spacial score (nSPS) is 10.1. The Bertz CT molecular complexity index is 377. The zero-order chi connectivity index (χ0) is 10.3. The largest absolute Gasteiger partial charge is 0.493 e. The van der Waals surface area contributed by atoms with Crippen LogP contribution in [0.3, 0.4) is 0 Å². The van der Waals surface area contributed by atoms with Gasteiger partial charge in [0.15, 0.2) is 0 Å². The summed E-state index contributed by atoms with van der Waals surface area (Å²) in [4.78, 5) is 0. The maximum Gasteiger partial charge on any atom is 0.138 e. The number of para-hydroxylation sites is 1. The maximum atomic E-state index is 5.53. The molecular formula is C10H11N3OS. The molecule has 1 aromatic heterocycles. The minimum absolute atomic E-state index is 0.668. The molecule has 15 heavy (non-hydrogen) atoms. The first kappa shape index (κ1) is 10.0. The topological polar surface area (TPSA) is 50.8 Å². The second kappa shape index (κ2) is 5.41. The van der Waals surface area contributed by atoms with Gasteiger partial charge in [0.25, 0.3) is 0 Å². The van der Waals surface area contributed by atoms with Crippen molar-refractivity contribution in [2.45, 2.75) is 5.03 Å². The molecule has 5 heteroatoms. The highest BCUT2D eigenvalue weighted by Gasteiger charge is 1.96. The first-order valence-corrected chi connectivity index (χ1v) is 5.60. The van der Waals surface area contributed by atoms with E-state index in [1.165, 1.54) is 0 Å². The predicted molar refractivity (Wildman–Crippen MR) is 59.0 cm³/mol. The second-order valence-corrected chi connectivity index (χ2v) is 3.93. The van der Waals surface area contributed by atoms with Crippen molar-refractivity contribution in [2.24, 2.45) is 0 Å². The van der Waals surface area contributed by atoms with Crippen molar-refractivity contribution < 1.29 is 4.74 Å². The summed E-state index contributed by atoms with van der Waals surface area (Å²) in [6, 6.07) is 9.78. The summed E-state index contributed by atoms with van der Waals surface area (Å²) in [6.07, 6.45) is 1.70. The summed E-state index contributed by atoms with van der Waals surface area (Å²) in [5.41, 5.74) is 0. The van der Waals surface area contributed by atoms with Crippen LogP contribution in [0.5, 0.6) is 5.75 Å². The summed E-state index contributed by atoms with van der Waals surface area (Å²) >= 11 is 1.62. The van der Waals surface area contributed by atoms with Gasteiger partial charge in [-0.1, -0.05) is 30.0 Å². The van der Waals surface area contributed by atoms with Gasteiger partial charge in [0, 0.05) is 5.75 Å². The lowest BCUT2D eigenvalue weighted by Gasteiger charge is -2.03. The Kier molecular flexibility index (Phi) is 3.62. The van der Waals surface area contributed by atoms with E-state index in [9.17, 15) is 0 Å². The van der Waals surface area contributed by atoms with Crippen molar-refractivity contribution in [3.05, 3.63) is 36.5 Å². The average Bonchev–Trinajstić information content (AvgIpc) is 2.79. The number of hydrogen-bond acceptors (Lipinski definition) is 4. The molecule has 1 heterocycles. The van der Waals surface area contributed by atoms with Gasteiger partial charge in [-0.3, -0.25) is 0 Å². The van der Waals surface area contributed by atoms with Crippen LogP contribution in [0.2, 0.25) is 0 Å². The molecule has 0 aliphatic heterocycles. The van der Waals surface area contributed by atoms with E-state index in [1.807, 2.05) is 30.3 Å². The second-order valence-electron chi connectivity index (χ2n) is 2.82. The van der Waals surface area contributed by atoms with Crippen molar-refractivity contribution in [3.8, 4) is 5.75 Å². The minimum atomic E-state index is 0.668. The molecule has 0 spiro atoms. The van der Waals surface area contributed by atoms with E-state index in [1.54, 1.807) is 18.0 Å². The minimum Gasteiger partial charge on any atom is -0.493 e. The van der Waals surface area contributed by atoms with Gasteiger partial charge in [0.05, 0.1) is 12.8 Å². The molecule has 78 valence electrons. The van der Waals surface area contributed by atoms with Crippen LogP contribution in [0.25, 0.3) is 0 Å². The van der Waals surface area contributed by atoms with Crippen LogP contribution < -0.4 is 4.74 Å². The summed E-state index contributed by atoms with van der Waals surface area (Å²) in [7, 11) is 0. The van der Waals surface area contributed by atoms with E-state index >= 15 is 0 Å². The number of thioether (sulfide) groups is 1. The lowest BCUT2D eigenvalue weighted by molar-refractivity contribution is 0.344. The van der Waals surface area contributed by atoms with E-state index in [2.05, 4.69) is 15.4 Å². The van der Waals surface area contributed by atoms with Gasteiger partial charge in [-0.05, 0) is 12.1 Å². The molecule has 2 rings (SSSR count). The van der Waals surface area contributed by atoms with Gasteiger partial charge in [-0.25, -0.2) is 0 Å². The van der Waals surface area contributed by atoms with Crippen LogP contribution in [0.1, 0.15) is 0 Å². The fourth-order valence-corrected chi connectivity index (χ4v) is 1.69. The Morgan fingerprint density at radius 3 is 2.87 bits per heavy atom. The van der Waals surface area contributed by atoms with Crippen LogP contribution in [-0.2, 0) is 0 Å². The van der Waals surface area contributed by atoms with Gasteiger partial charge < -0.3 is 4.74 Å². The highest BCUT2D eigenvalue weighted by Crippen LogP contribution is 2.13. The van der Waals surface area contributed by atoms with Crippen molar-refractivity contribution in [1.29, 1.82) is 0 Å². The molecule has 0 bridgehead atoms. The zero-order valence-electron chi connectivity index (χ0n) is 8.09. The molecule has 2 aromatic rings. The van der Waals surface area contributed by atoms with Crippen LogP contribution in [0, 0.1) is 0 Å². The lowest BCUT2D eigenvalue weighted by Crippen LogP contribution is -1.99. The van der Waals surface area contributed by atoms with E-state index in [4.69, 9.17) is 4.74 Å². The molecule has 0 saturated carbocycles. The van der Waals surface area contributed by atoms with E-state index in [-0.39, 0.29) is 0 Å². The molecular weight excluding hydrogens is 210 g/mol. The van der Waals surface area contributed by atoms with Crippen molar-refractivity contribution in [2.75, 3.05) is 12.4 Å². The maximum absolute atomic E-state index is 5.53. The summed E-state index contributed by atoms with van der Waals surface area (Å²) in [6.45, 7) is 0.668. The third kappa shape index (κ3) is 3.28. The number of aromatic amines is 1. The van der Waals surface area contributed by atoms with Crippen molar-refractivity contribution in [3.63, 3.8) is 0 Å².